The van der Waals surface area contributed by atoms with Gasteiger partial charge in [0.05, 0.1) is 19.3 Å². The Morgan fingerprint density at radius 2 is 1.98 bits per heavy atom. The van der Waals surface area contributed by atoms with Crippen molar-refractivity contribution in [2.75, 3.05) is 44.3 Å². The molecule has 0 saturated carbocycles. The largest absolute Gasteiger partial charge is 0.494 e. The number of piperazine rings is 1. The number of ether oxygens (including phenoxy) is 2. The zero-order valence-corrected chi connectivity index (χ0v) is 23.5. The molecule has 4 heterocycles. The van der Waals surface area contributed by atoms with Crippen LogP contribution in [0.3, 0.4) is 0 Å². The van der Waals surface area contributed by atoms with E-state index in [1.165, 1.54) is 16.8 Å². The van der Waals surface area contributed by atoms with Crippen LogP contribution in [0.5, 0.6) is 5.75 Å². The summed E-state index contributed by atoms with van der Waals surface area (Å²) in [5.41, 5.74) is 5.14. The second kappa shape index (κ2) is 11.4. The first-order chi connectivity index (χ1) is 19.5. The zero-order valence-electron chi connectivity index (χ0n) is 23.5. The Hall–Kier alpha value is -3.76. The Kier molecular flexibility index (Phi) is 7.53. The topological polar surface area (TPSA) is 101 Å². The van der Waals surface area contributed by atoms with Crippen LogP contribution in [0.4, 0.5) is 5.69 Å². The summed E-state index contributed by atoms with van der Waals surface area (Å²) in [6.45, 7) is 11.4. The number of aryl methyl sites for hydroxylation is 1. The minimum Gasteiger partial charge on any atom is -0.494 e. The van der Waals surface area contributed by atoms with Gasteiger partial charge >= 0.3 is 0 Å². The van der Waals surface area contributed by atoms with E-state index in [4.69, 9.17) is 9.47 Å². The zero-order chi connectivity index (χ0) is 27.6. The van der Waals surface area contributed by atoms with Gasteiger partial charge in [0.25, 0.3) is 5.56 Å². The van der Waals surface area contributed by atoms with Crippen molar-refractivity contribution < 1.29 is 9.47 Å². The number of tetrazole rings is 1. The third kappa shape index (κ3) is 5.21. The summed E-state index contributed by atoms with van der Waals surface area (Å²) in [5, 5.41) is 13.8. The Morgan fingerprint density at radius 1 is 1.12 bits per heavy atom. The van der Waals surface area contributed by atoms with Crippen molar-refractivity contribution in [1.29, 1.82) is 0 Å². The lowest BCUT2D eigenvalue weighted by Gasteiger charge is -2.40. The number of rotatable bonds is 8. The quantitative estimate of drug-likeness (QED) is 0.360. The highest BCUT2D eigenvalue weighted by molar-refractivity contribution is 5.80. The summed E-state index contributed by atoms with van der Waals surface area (Å²) >= 11 is 0. The second-order valence-electron chi connectivity index (χ2n) is 10.7. The van der Waals surface area contributed by atoms with Gasteiger partial charge in [-0.25, -0.2) is 4.68 Å². The minimum absolute atomic E-state index is 0.0766. The maximum atomic E-state index is 13.6. The predicted molar refractivity (Wildman–Crippen MR) is 154 cm³/mol. The summed E-state index contributed by atoms with van der Waals surface area (Å²) in [6.07, 6.45) is 2.10. The lowest BCUT2D eigenvalue weighted by Crippen LogP contribution is -2.49. The van der Waals surface area contributed by atoms with Crippen LogP contribution in [0.2, 0.25) is 0 Å². The summed E-state index contributed by atoms with van der Waals surface area (Å²) in [4.78, 5) is 21.5. The number of nitrogens with one attached hydrogen (secondary N) is 1. The molecule has 0 spiro atoms. The van der Waals surface area contributed by atoms with Gasteiger partial charge < -0.3 is 19.4 Å². The summed E-state index contributed by atoms with van der Waals surface area (Å²) in [6, 6.07) is 13.8. The average Bonchev–Trinajstić information content (AvgIpc) is 3.64. The van der Waals surface area contributed by atoms with Crippen molar-refractivity contribution in [2.24, 2.45) is 0 Å². The van der Waals surface area contributed by atoms with E-state index in [2.05, 4.69) is 62.4 Å². The molecule has 10 nitrogen and oxygen atoms in total. The van der Waals surface area contributed by atoms with Crippen molar-refractivity contribution >= 4 is 16.6 Å². The Morgan fingerprint density at radius 3 is 2.75 bits per heavy atom. The molecule has 0 aliphatic carbocycles. The molecule has 2 aliphatic rings. The maximum Gasteiger partial charge on any atom is 0.253 e. The molecule has 210 valence electrons. The van der Waals surface area contributed by atoms with Crippen LogP contribution in [-0.4, -0.2) is 75.6 Å². The molecule has 6 rings (SSSR count). The molecule has 1 N–H and O–H groups in total. The predicted octanol–water partition coefficient (Wildman–Crippen LogP) is 3.62. The lowest BCUT2D eigenvalue weighted by atomic mass is 10.0. The normalized spacial score (nSPS) is 18.9. The third-order valence-corrected chi connectivity index (χ3v) is 8.25. The highest BCUT2D eigenvalue weighted by atomic mass is 16.5. The van der Waals surface area contributed by atoms with E-state index in [0.29, 0.717) is 24.5 Å². The average molecular weight is 544 g/mol. The van der Waals surface area contributed by atoms with Crippen molar-refractivity contribution in [3.63, 3.8) is 0 Å². The van der Waals surface area contributed by atoms with Crippen molar-refractivity contribution in [3.05, 3.63) is 75.3 Å². The molecular formula is C30H37N7O3. The van der Waals surface area contributed by atoms with Gasteiger partial charge in [0.2, 0.25) is 0 Å². The van der Waals surface area contributed by atoms with Crippen LogP contribution in [0, 0.1) is 13.8 Å². The fourth-order valence-corrected chi connectivity index (χ4v) is 5.98. The van der Waals surface area contributed by atoms with Gasteiger partial charge in [-0.3, -0.25) is 9.69 Å². The molecule has 2 atom stereocenters. The third-order valence-electron chi connectivity index (χ3n) is 8.25. The number of hydrogen-bond acceptors (Lipinski definition) is 8. The van der Waals surface area contributed by atoms with E-state index >= 15 is 0 Å². The van der Waals surface area contributed by atoms with Gasteiger partial charge in [-0.15, -0.1) is 5.10 Å². The second-order valence-corrected chi connectivity index (χ2v) is 10.7. The number of benzene rings is 2. The molecule has 0 radical (unpaired) electrons. The van der Waals surface area contributed by atoms with Crippen LogP contribution in [-0.2, 0) is 11.3 Å². The van der Waals surface area contributed by atoms with Gasteiger partial charge in [-0.2, -0.15) is 0 Å². The number of nitrogens with zero attached hydrogens (tertiary/aromatic N) is 6. The molecule has 40 heavy (non-hydrogen) atoms. The van der Waals surface area contributed by atoms with Crippen LogP contribution in [0.1, 0.15) is 48.3 Å². The number of H-pyrrole nitrogens is 1. The highest BCUT2D eigenvalue weighted by Crippen LogP contribution is 2.31. The summed E-state index contributed by atoms with van der Waals surface area (Å²) < 4.78 is 13.5. The molecule has 10 heteroatoms. The van der Waals surface area contributed by atoms with Crippen LogP contribution < -0.4 is 15.2 Å². The number of aromatic amines is 1. The highest BCUT2D eigenvalue weighted by Gasteiger charge is 2.34. The Bertz CT molecular complexity index is 1530. The molecule has 2 aromatic carbocycles. The van der Waals surface area contributed by atoms with E-state index in [-0.39, 0.29) is 11.7 Å². The van der Waals surface area contributed by atoms with E-state index < -0.39 is 6.04 Å². The molecule has 0 amide bonds. The molecule has 0 bridgehead atoms. The van der Waals surface area contributed by atoms with Gasteiger partial charge in [-0.05, 0) is 85.5 Å². The number of anilines is 1. The molecule has 0 unspecified atom stereocenters. The van der Waals surface area contributed by atoms with Crippen molar-refractivity contribution in [2.45, 2.75) is 52.3 Å². The number of fused-ring (bicyclic) bond motifs is 1. The molecular weight excluding hydrogens is 506 g/mol. The first-order valence-corrected chi connectivity index (χ1v) is 14.2. The number of aromatic nitrogens is 5. The maximum absolute atomic E-state index is 13.6. The van der Waals surface area contributed by atoms with E-state index in [9.17, 15) is 4.79 Å². The van der Waals surface area contributed by atoms with E-state index in [0.717, 1.165) is 62.3 Å². The van der Waals surface area contributed by atoms with Crippen molar-refractivity contribution in [1.82, 2.24) is 30.1 Å². The van der Waals surface area contributed by atoms with E-state index in [1.807, 2.05) is 35.9 Å². The number of hydrogen-bond donors (Lipinski definition) is 1. The van der Waals surface area contributed by atoms with Crippen LogP contribution in [0.15, 0.2) is 47.3 Å². The van der Waals surface area contributed by atoms with Crippen LogP contribution >= 0.6 is 0 Å². The first kappa shape index (κ1) is 26.5. The van der Waals surface area contributed by atoms with Gasteiger partial charge in [0.1, 0.15) is 11.8 Å². The first-order valence-electron chi connectivity index (χ1n) is 14.2. The molecule has 2 aliphatic heterocycles. The fourth-order valence-electron chi connectivity index (χ4n) is 5.98. The smallest absolute Gasteiger partial charge is 0.253 e. The van der Waals surface area contributed by atoms with Gasteiger partial charge in [0, 0.05) is 54.9 Å². The SMILES string of the molecule is CCOc1ccc2[nH]c(=O)c([C@@H](c3nnnn3C[C@@H]3CCCO3)N3CCN(c4cccc(C)c4C)CC3)cc2c1. The summed E-state index contributed by atoms with van der Waals surface area (Å²) in [5.74, 6) is 1.44. The monoisotopic (exact) mass is 543 g/mol. The lowest BCUT2D eigenvalue weighted by molar-refractivity contribution is 0.0906. The molecule has 4 aromatic rings. The summed E-state index contributed by atoms with van der Waals surface area (Å²) in [7, 11) is 0. The standard InChI is InChI=1S/C30H37N7O3/c1-4-39-23-10-11-26-22(17-23)18-25(30(38)31-26)28(29-32-33-34-37(29)19-24-8-6-16-40-24)36-14-12-35(13-15-36)27-9-5-7-20(2)21(27)3/h5,7,9-11,17-18,24,28H,4,6,8,12-16,19H2,1-3H3,(H,31,38)/t24-,28-/m0/s1. The van der Waals surface area contributed by atoms with Crippen molar-refractivity contribution in [3.8, 4) is 5.75 Å². The fraction of sp³-hybridized carbons (Fsp3) is 0.467. The Labute approximate surface area is 233 Å². The van der Waals surface area contributed by atoms with E-state index in [1.54, 1.807) is 0 Å². The molecule has 2 saturated heterocycles. The number of pyridine rings is 1. The van der Waals surface area contributed by atoms with Gasteiger partial charge in [-0.1, -0.05) is 12.1 Å². The minimum atomic E-state index is -0.402. The molecule has 2 aromatic heterocycles. The Balaban J connectivity index is 1.37. The van der Waals surface area contributed by atoms with Crippen LogP contribution in [0.25, 0.3) is 10.9 Å². The van der Waals surface area contributed by atoms with Gasteiger partial charge in [0.15, 0.2) is 5.82 Å². The molecule has 2 fully saturated rings.